The first kappa shape index (κ1) is 55.2. The molecule has 5 heterocycles. The molecule has 4 N–H and O–H groups in total. The number of halogens is 1. The van der Waals surface area contributed by atoms with Gasteiger partial charge in [0, 0.05) is 79.8 Å². The second kappa shape index (κ2) is 23.6. The van der Waals surface area contributed by atoms with E-state index in [1.165, 1.54) is 22.8 Å². The molecule has 78 heavy (non-hydrogen) atoms. The van der Waals surface area contributed by atoms with Crippen LogP contribution in [0.25, 0.3) is 22.3 Å². The molecule has 1 fully saturated rings. The van der Waals surface area contributed by atoms with Crippen LogP contribution in [0.5, 0.6) is 0 Å². The number of nitrogens with zero attached hydrogens (tertiary/aromatic N) is 3. The monoisotopic (exact) mass is 1070 g/mol. The van der Waals surface area contributed by atoms with Crippen LogP contribution in [0.3, 0.4) is 0 Å². The number of fused-ring (bicyclic) bond motifs is 5. The summed E-state index contributed by atoms with van der Waals surface area (Å²) in [5.74, 6) is -4.83. The van der Waals surface area contributed by atoms with E-state index in [1.807, 2.05) is 6.07 Å². The molecule has 0 radical (unpaired) electrons. The average molecular weight is 1070 g/mol. The fourth-order valence-electron chi connectivity index (χ4n) is 11.2. The average Bonchev–Trinajstić information content (AvgIpc) is 4.32. The third-order valence-electron chi connectivity index (χ3n) is 15.7. The summed E-state index contributed by atoms with van der Waals surface area (Å²) in [7, 11) is 0. The van der Waals surface area contributed by atoms with E-state index < -0.39 is 52.7 Å². The minimum atomic E-state index is -2.04. The molecule has 410 valence electrons. The Morgan fingerprint density at radius 1 is 0.859 bits per heavy atom. The Bertz CT molecular complexity index is 3200. The predicted molar refractivity (Wildman–Crippen MR) is 278 cm³/mol. The Morgan fingerprint density at radius 2 is 1.59 bits per heavy atom. The highest BCUT2D eigenvalue weighted by Gasteiger charge is 2.46. The van der Waals surface area contributed by atoms with Gasteiger partial charge in [-0.2, -0.15) is 0 Å². The van der Waals surface area contributed by atoms with Gasteiger partial charge in [0.2, 0.25) is 17.7 Å². The lowest BCUT2D eigenvalue weighted by atomic mass is 9.76. The van der Waals surface area contributed by atoms with E-state index in [1.54, 1.807) is 44.2 Å². The summed E-state index contributed by atoms with van der Waals surface area (Å²) < 4.78 is 28.4. The molecular formula is C58H63FN6O13. The fraction of sp³-hybridized carbons (Fsp3) is 0.466. The number of cyclic esters (lactones) is 1. The van der Waals surface area contributed by atoms with Crippen LogP contribution in [0.15, 0.2) is 59.4 Å². The van der Waals surface area contributed by atoms with Crippen LogP contribution in [0.2, 0.25) is 0 Å². The number of carbonyl (C=O) groups is 9. The largest absolute Gasteiger partial charge is 0.458 e. The molecule has 20 heteroatoms. The van der Waals surface area contributed by atoms with Gasteiger partial charge in [-0.3, -0.25) is 48.1 Å². The summed E-state index contributed by atoms with van der Waals surface area (Å²) in [5.41, 5.74) is 2.53. The second-order valence-electron chi connectivity index (χ2n) is 21.0. The maximum Gasteiger partial charge on any atom is 0.343 e. The number of rotatable bonds is 26. The van der Waals surface area contributed by atoms with Crippen molar-refractivity contribution in [3.8, 4) is 11.4 Å². The molecule has 1 saturated carbocycles. The number of amides is 5. The van der Waals surface area contributed by atoms with Crippen LogP contribution >= 0.6 is 0 Å². The van der Waals surface area contributed by atoms with Crippen molar-refractivity contribution < 1.29 is 62.1 Å². The number of carbonyl (C=O) groups excluding carboxylic acids is 9. The van der Waals surface area contributed by atoms with Crippen LogP contribution in [-0.4, -0.2) is 104 Å². The van der Waals surface area contributed by atoms with E-state index in [4.69, 9.17) is 14.5 Å². The molecule has 4 aromatic rings. The van der Waals surface area contributed by atoms with Crippen molar-refractivity contribution in [3.63, 3.8) is 0 Å². The summed E-state index contributed by atoms with van der Waals surface area (Å²) in [6.07, 6.45) is 5.09. The van der Waals surface area contributed by atoms with Gasteiger partial charge in [0.25, 0.3) is 17.4 Å². The first-order valence-corrected chi connectivity index (χ1v) is 26.9. The highest BCUT2D eigenvalue weighted by atomic mass is 19.1. The SMILES string of the molecule is CC[C@@]1(O)C(=O)OCc2c1cc1n(c2=O)Cc2c-1nc1cc(F)c(C)c3c1c2[C@@H](CC(=O)[C@@H](OCNC(=O)CCC(=O)[C@H](Cc1ccccc1)NC(=O)CCC(=O)CNC(=O)CCCCCN1C(=O)C=CC1=O)C1CC1)CC3. The number of ketones is 3. The lowest BCUT2D eigenvalue weighted by molar-refractivity contribution is -0.172. The van der Waals surface area contributed by atoms with Crippen molar-refractivity contribution in [2.45, 2.75) is 147 Å². The van der Waals surface area contributed by atoms with E-state index >= 15 is 4.39 Å². The third-order valence-corrected chi connectivity index (χ3v) is 15.7. The Labute approximate surface area is 448 Å². The molecule has 0 unspecified atom stereocenters. The Hall–Kier alpha value is -7.58. The van der Waals surface area contributed by atoms with Gasteiger partial charge in [-0.25, -0.2) is 14.2 Å². The molecule has 5 aliphatic rings. The lowest BCUT2D eigenvalue weighted by Crippen LogP contribution is -2.44. The molecule has 3 aliphatic heterocycles. The topological polar surface area (TPSA) is 267 Å². The Kier molecular flexibility index (Phi) is 16.7. The van der Waals surface area contributed by atoms with E-state index in [0.717, 1.165) is 39.8 Å². The maximum atomic E-state index is 15.5. The lowest BCUT2D eigenvalue weighted by Gasteiger charge is -2.31. The number of hydrogen-bond acceptors (Lipinski definition) is 14. The third kappa shape index (κ3) is 11.8. The van der Waals surface area contributed by atoms with Crippen LogP contribution in [0, 0.1) is 18.7 Å². The molecule has 2 aliphatic carbocycles. The molecule has 9 rings (SSSR count). The number of ether oxygens (including phenoxy) is 2. The number of aromatic nitrogens is 2. The number of esters is 1. The number of benzene rings is 2. The van der Waals surface area contributed by atoms with Gasteiger partial charge in [0.1, 0.15) is 25.3 Å². The highest BCUT2D eigenvalue weighted by molar-refractivity contribution is 6.12. The van der Waals surface area contributed by atoms with Crippen molar-refractivity contribution in [1.29, 1.82) is 0 Å². The standard InChI is InChI=1S/C58H63FN6O13/c1-3-58(76)40-26-44-54-38(29-65(44)56(74)39(40)30-77-57(58)75)52-35(15-17-37-32(2)41(59)27-43(63-54)53(37)52)25-46(68)55(34-13-14-34)78-31-61-48(70)20-18-45(67)42(24-33-10-6-4-7-11-33)62-49(71)19-16-36(66)28-60-47(69)12-8-5-9-23-64-50(72)21-22-51(64)73/h4,6-7,10-11,21-22,26-27,34-35,42,55,76H,3,5,8-9,12-20,23-25,28-31H2,1-2H3,(H,60,69)(H,61,70)(H,62,71)/t35-,42+,55+,58+/m1/s1. The minimum Gasteiger partial charge on any atom is -0.458 e. The van der Waals surface area contributed by atoms with Crippen molar-refractivity contribution in [2.75, 3.05) is 19.8 Å². The molecule has 2 aromatic heterocycles. The van der Waals surface area contributed by atoms with Crippen LogP contribution in [0.1, 0.15) is 135 Å². The van der Waals surface area contributed by atoms with E-state index in [9.17, 15) is 53.1 Å². The summed E-state index contributed by atoms with van der Waals surface area (Å²) >= 11 is 0. The molecule has 0 bridgehead atoms. The summed E-state index contributed by atoms with van der Waals surface area (Å²) in [6.45, 7) is 2.82. The Morgan fingerprint density at radius 3 is 2.32 bits per heavy atom. The van der Waals surface area contributed by atoms with E-state index in [-0.39, 0.29) is 137 Å². The molecule has 5 amide bonds. The smallest absolute Gasteiger partial charge is 0.343 e. The van der Waals surface area contributed by atoms with Crippen LogP contribution < -0.4 is 21.5 Å². The molecule has 4 atom stereocenters. The molecule has 2 aromatic carbocycles. The number of aliphatic hydroxyl groups is 1. The normalized spacial score (nSPS) is 18.7. The van der Waals surface area contributed by atoms with Crippen molar-refractivity contribution in [3.05, 3.63) is 110 Å². The highest BCUT2D eigenvalue weighted by Crippen LogP contribution is 2.48. The predicted octanol–water partition coefficient (Wildman–Crippen LogP) is 4.41. The fourth-order valence-corrected chi connectivity index (χ4v) is 11.2. The minimum absolute atomic E-state index is 0.0333. The number of Topliss-reactive ketones (excluding diaryl/α,β-unsaturated/α-hetero) is 3. The number of nitrogens with one attached hydrogen (secondary N) is 3. The zero-order valence-electron chi connectivity index (χ0n) is 43.7. The number of aryl methyl sites for hydroxylation is 1. The van der Waals surface area contributed by atoms with Gasteiger partial charge in [0.15, 0.2) is 23.0 Å². The van der Waals surface area contributed by atoms with Gasteiger partial charge in [0.05, 0.1) is 41.6 Å². The van der Waals surface area contributed by atoms with Crippen molar-refractivity contribution in [2.24, 2.45) is 5.92 Å². The maximum absolute atomic E-state index is 15.5. The molecule has 0 saturated heterocycles. The second-order valence-corrected chi connectivity index (χ2v) is 21.0. The van der Waals surface area contributed by atoms with Gasteiger partial charge >= 0.3 is 5.97 Å². The molecule has 19 nitrogen and oxygen atoms in total. The van der Waals surface area contributed by atoms with Gasteiger partial charge in [-0.15, -0.1) is 0 Å². The number of unbranched alkanes of at least 4 members (excludes halogenated alkanes) is 2. The molecular weight excluding hydrogens is 1010 g/mol. The van der Waals surface area contributed by atoms with Gasteiger partial charge in [-0.1, -0.05) is 43.7 Å². The van der Waals surface area contributed by atoms with E-state index in [0.29, 0.717) is 60.1 Å². The Balaban J connectivity index is 0.777. The first-order chi connectivity index (χ1) is 37.4. The molecule has 0 spiro atoms. The van der Waals surface area contributed by atoms with Gasteiger partial charge in [-0.05, 0) is 98.4 Å². The summed E-state index contributed by atoms with van der Waals surface area (Å²) in [5, 5.41) is 20.1. The quantitative estimate of drug-likeness (QED) is 0.0259. The van der Waals surface area contributed by atoms with Crippen LogP contribution in [0.4, 0.5) is 4.39 Å². The zero-order chi connectivity index (χ0) is 55.4. The first-order valence-electron chi connectivity index (χ1n) is 26.9. The summed E-state index contributed by atoms with van der Waals surface area (Å²) in [6, 6.07) is 11.0. The van der Waals surface area contributed by atoms with E-state index in [2.05, 4.69) is 16.0 Å². The van der Waals surface area contributed by atoms with Crippen LogP contribution in [-0.2, 0) is 84.2 Å². The van der Waals surface area contributed by atoms with Crippen molar-refractivity contribution in [1.82, 2.24) is 30.4 Å². The number of hydrogen-bond donors (Lipinski definition) is 4. The number of pyridine rings is 2. The zero-order valence-corrected chi connectivity index (χ0v) is 43.7. The number of imide groups is 1. The van der Waals surface area contributed by atoms with Gasteiger partial charge < -0.3 is 35.1 Å². The van der Waals surface area contributed by atoms with Crippen molar-refractivity contribution >= 4 is 63.8 Å². The summed E-state index contributed by atoms with van der Waals surface area (Å²) in [4.78, 5) is 136.